The van der Waals surface area contributed by atoms with E-state index in [1.165, 1.54) is 13.3 Å². The molecule has 0 aliphatic heterocycles. The lowest BCUT2D eigenvalue weighted by molar-refractivity contribution is 0.822. The van der Waals surface area contributed by atoms with Gasteiger partial charge in [0.2, 0.25) is 0 Å². The van der Waals surface area contributed by atoms with Crippen molar-refractivity contribution in [2.24, 2.45) is 5.73 Å². The zero-order chi connectivity index (χ0) is 12.3. The van der Waals surface area contributed by atoms with Crippen LogP contribution in [0.2, 0.25) is 0 Å². The number of hydrogen-bond donors (Lipinski definition) is 2. The van der Waals surface area contributed by atoms with Crippen LogP contribution in [0.25, 0.3) is 0 Å². The minimum atomic E-state index is 0.467. The van der Waals surface area contributed by atoms with Gasteiger partial charge in [-0.3, -0.25) is 4.98 Å². The predicted molar refractivity (Wildman–Crippen MR) is 67.7 cm³/mol. The molecule has 0 unspecified atom stereocenters. The van der Waals surface area contributed by atoms with Crippen LogP contribution in [0.5, 0.6) is 0 Å². The highest BCUT2D eigenvalue weighted by Crippen LogP contribution is 2.10. The van der Waals surface area contributed by atoms with Gasteiger partial charge in [-0.1, -0.05) is 33.8 Å². The Morgan fingerprint density at radius 2 is 1.80 bits per heavy atom. The smallest absolute Gasteiger partial charge is 0.0429 e. The van der Waals surface area contributed by atoms with Gasteiger partial charge in [-0.25, -0.2) is 0 Å². The predicted octanol–water partition coefficient (Wildman–Crippen LogP) is 2.80. The van der Waals surface area contributed by atoms with Gasteiger partial charge in [0, 0.05) is 23.7 Å². The number of hydrogen-bond acceptors (Lipinski definition) is 3. The number of aromatic nitrogens is 1. The van der Waals surface area contributed by atoms with E-state index in [9.17, 15) is 0 Å². The van der Waals surface area contributed by atoms with Gasteiger partial charge in [-0.15, -0.1) is 0 Å². The molecule has 0 spiro atoms. The monoisotopic (exact) mass is 209 g/mol. The molecule has 0 saturated carbocycles. The second-order valence-corrected chi connectivity index (χ2v) is 2.82. The second-order valence-electron chi connectivity index (χ2n) is 2.82. The van der Waals surface area contributed by atoms with Crippen molar-refractivity contribution >= 4 is 6.21 Å². The molecule has 0 fully saturated rings. The van der Waals surface area contributed by atoms with Crippen molar-refractivity contribution in [2.45, 2.75) is 33.6 Å². The Balaban J connectivity index is 0. The van der Waals surface area contributed by atoms with Crippen LogP contribution in [0.4, 0.5) is 0 Å². The zero-order valence-electron chi connectivity index (χ0n) is 10.4. The minimum Gasteiger partial charge on any atom is -0.333 e. The Morgan fingerprint density at radius 3 is 2.07 bits per heavy atom. The normalized spacial score (nSPS) is 8.20. The molecule has 15 heavy (non-hydrogen) atoms. The van der Waals surface area contributed by atoms with Crippen LogP contribution < -0.4 is 5.73 Å². The molecule has 1 heterocycles. The van der Waals surface area contributed by atoms with Crippen molar-refractivity contribution in [1.29, 1.82) is 5.41 Å². The average molecular weight is 209 g/mol. The molecule has 0 aliphatic carbocycles. The van der Waals surface area contributed by atoms with Crippen molar-refractivity contribution < 1.29 is 0 Å². The van der Waals surface area contributed by atoms with Crippen molar-refractivity contribution in [1.82, 2.24) is 4.98 Å². The summed E-state index contributed by atoms with van der Waals surface area (Å²) in [6.07, 6.45) is 3.03. The molecule has 86 valence electrons. The van der Waals surface area contributed by atoms with E-state index in [1.807, 2.05) is 26.0 Å². The maximum Gasteiger partial charge on any atom is 0.0429 e. The summed E-state index contributed by atoms with van der Waals surface area (Å²) >= 11 is 0. The van der Waals surface area contributed by atoms with Crippen molar-refractivity contribution in [3.8, 4) is 0 Å². The summed E-state index contributed by atoms with van der Waals surface area (Å²) in [4.78, 5) is 4.20. The third-order valence-corrected chi connectivity index (χ3v) is 1.57. The SMILES string of the molecule is CC.CC(C)c1ccc(C=N)cn1.CN. The Hall–Kier alpha value is -1.22. The van der Waals surface area contributed by atoms with Gasteiger partial charge in [0.25, 0.3) is 0 Å². The molecule has 0 amide bonds. The highest BCUT2D eigenvalue weighted by Gasteiger charge is 1.98. The standard InChI is InChI=1S/C9H12N2.C2H6.CH5N/c1-7(2)9-4-3-8(5-10)6-11-9;2*1-2/h3-7,10H,1-2H3;1-2H3;2H2,1H3. The summed E-state index contributed by atoms with van der Waals surface area (Å²) in [5, 5.41) is 6.96. The van der Waals surface area contributed by atoms with Gasteiger partial charge in [0.1, 0.15) is 0 Å². The molecular formula is C12H23N3. The first-order valence-electron chi connectivity index (χ1n) is 5.28. The number of nitrogens with one attached hydrogen (secondary N) is 1. The molecule has 0 radical (unpaired) electrons. The van der Waals surface area contributed by atoms with Gasteiger partial charge in [0.15, 0.2) is 0 Å². The Kier molecular flexibility index (Phi) is 11.7. The van der Waals surface area contributed by atoms with Crippen LogP contribution in [0.15, 0.2) is 18.3 Å². The number of rotatable bonds is 2. The summed E-state index contributed by atoms with van der Waals surface area (Å²) in [5.74, 6) is 0.467. The Morgan fingerprint density at radius 1 is 1.27 bits per heavy atom. The lowest BCUT2D eigenvalue weighted by atomic mass is 10.1. The third kappa shape index (κ3) is 6.80. The topological polar surface area (TPSA) is 62.8 Å². The average Bonchev–Trinajstić information content (AvgIpc) is 2.34. The number of nitrogens with two attached hydrogens (primary N) is 1. The molecule has 0 aromatic carbocycles. The molecule has 0 bridgehead atoms. The van der Waals surface area contributed by atoms with Gasteiger partial charge in [-0.2, -0.15) is 0 Å². The van der Waals surface area contributed by atoms with Crippen molar-refractivity contribution in [3.05, 3.63) is 29.6 Å². The summed E-state index contributed by atoms with van der Waals surface area (Å²) in [6, 6.07) is 3.88. The molecule has 1 aromatic heterocycles. The van der Waals surface area contributed by atoms with E-state index in [0.717, 1.165) is 11.3 Å². The van der Waals surface area contributed by atoms with E-state index in [4.69, 9.17) is 5.41 Å². The Bertz CT molecular complexity index is 240. The lowest BCUT2D eigenvalue weighted by Crippen LogP contribution is -1.92. The van der Waals surface area contributed by atoms with Crippen LogP contribution in [-0.2, 0) is 0 Å². The molecule has 0 atom stereocenters. The molecule has 3 nitrogen and oxygen atoms in total. The molecule has 1 rings (SSSR count). The summed E-state index contributed by atoms with van der Waals surface area (Å²) in [5.41, 5.74) is 6.44. The van der Waals surface area contributed by atoms with E-state index in [2.05, 4.69) is 24.6 Å². The van der Waals surface area contributed by atoms with Crippen LogP contribution in [0.1, 0.15) is 44.9 Å². The minimum absolute atomic E-state index is 0.467. The molecule has 3 N–H and O–H groups in total. The van der Waals surface area contributed by atoms with E-state index in [0.29, 0.717) is 5.92 Å². The van der Waals surface area contributed by atoms with Crippen LogP contribution in [0, 0.1) is 5.41 Å². The van der Waals surface area contributed by atoms with Gasteiger partial charge in [0.05, 0.1) is 0 Å². The van der Waals surface area contributed by atoms with E-state index >= 15 is 0 Å². The van der Waals surface area contributed by atoms with Gasteiger partial charge in [-0.05, 0) is 19.0 Å². The zero-order valence-corrected chi connectivity index (χ0v) is 10.4. The number of nitrogens with zero attached hydrogens (tertiary/aromatic N) is 1. The highest BCUT2D eigenvalue weighted by atomic mass is 14.7. The maximum absolute atomic E-state index is 6.96. The first kappa shape index (κ1) is 16.2. The summed E-state index contributed by atoms with van der Waals surface area (Å²) in [7, 11) is 1.50. The fraction of sp³-hybridized carbons (Fsp3) is 0.500. The second kappa shape index (κ2) is 10.9. The largest absolute Gasteiger partial charge is 0.333 e. The maximum atomic E-state index is 6.96. The number of pyridine rings is 1. The molecular weight excluding hydrogens is 186 g/mol. The summed E-state index contributed by atoms with van der Waals surface area (Å²) in [6.45, 7) is 8.21. The van der Waals surface area contributed by atoms with Crippen LogP contribution >= 0.6 is 0 Å². The quantitative estimate of drug-likeness (QED) is 0.736. The molecule has 0 saturated heterocycles. The molecule has 0 aliphatic rings. The van der Waals surface area contributed by atoms with Gasteiger partial charge < -0.3 is 11.1 Å². The van der Waals surface area contributed by atoms with Crippen LogP contribution in [-0.4, -0.2) is 18.2 Å². The van der Waals surface area contributed by atoms with Crippen LogP contribution in [0.3, 0.4) is 0 Å². The lowest BCUT2D eigenvalue weighted by Gasteiger charge is -2.02. The highest BCUT2D eigenvalue weighted by molar-refractivity contribution is 5.76. The fourth-order valence-corrected chi connectivity index (χ4v) is 0.844. The van der Waals surface area contributed by atoms with E-state index in [-0.39, 0.29) is 0 Å². The summed E-state index contributed by atoms with van der Waals surface area (Å²) < 4.78 is 0. The van der Waals surface area contributed by atoms with Crippen molar-refractivity contribution in [2.75, 3.05) is 7.05 Å². The first-order chi connectivity index (χ1) is 7.24. The fourth-order valence-electron chi connectivity index (χ4n) is 0.844. The molecule has 1 aromatic rings. The Labute approximate surface area is 93.2 Å². The van der Waals surface area contributed by atoms with E-state index in [1.54, 1.807) is 6.20 Å². The first-order valence-corrected chi connectivity index (χ1v) is 5.28. The third-order valence-electron chi connectivity index (χ3n) is 1.57. The van der Waals surface area contributed by atoms with E-state index < -0.39 is 0 Å². The molecule has 3 heteroatoms. The van der Waals surface area contributed by atoms with Crippen molar-refractivity contribution in [3.63, 3.8) is 0 Å². The van der Waals surface area contributed by atoms with Gasteiger partial charge >= 0.3 is 0 Å².